The highest BCUT2D eigenvalue weighted by atomic mass is 19.3. The Morgan fingerprint density at radius 3 is 2.14 bits per heavy atom. The van der Waals surface area contributed by atoms with E-state index in [0.29, 0.717) is 67.6 Å². The van der Waals surface area contributed by atoms with Crippen LogP contribution >= 0.6 is 0 Å². The predicted molar refractivity (Wildman–Crippen MR) is 240 cm³/mol. The molecular weight excluding hydrogens is 825 g/mol. The van der Waals surface area contributed by atoms with Crippen molar-refractivity contribution >= 4 is 46.6 Å². The number of amides is 5. The first kappa shape index (κ1) is 47.4. The predicted octanol–water partition coefficient (Wildman–Crippen LogP) is 8.60. The number of nitrogens with zero attached hydrogens (tertiary/aromatic N) is 2. The zero-order valence-electron chi connectivity index (χ0n) is 37.7. The van der Waals surface area contributed by atoms with Crippen LogP contribution in [0.5, 0.6) is 0 Å². The molecule has 1 saturated heterocycles. The van der Waals surface area contributed by atoms with E-state index < -0.39 is 41.5 Å². The number of aromatic nitrogens is 2. The summed E-state index contributed by atoms with van der Waals surface area (Å²) in [6.45, 7) is 14.3. The number of ether oxygens (including phenoxy) is 2. The lowest BCUT2D eigenvalue weighted by Crippen LogP contribution is -2.48. The second-order valence-electron chi connectivity index (χ2n) is 19.0. The number of carbonyl (C=O) groups excluding carboxylic acids is 5. The van der Waals surface area contributed by atoms with Crippen LogP contribution in [-0.2, 0) is 25.5 Å². The highest BCUT2D eigenvalue weighted by molar-refractivity contribution is 5.99. The normalized spacial score (nSPS) is 17.7. The van der Waals surface area contributed by atoms with Gasteiger partial charge in [0.2, 0.25) is 11.8 Å². The summed E-state index contributed by atoms with van der Waals surface area (Å²) in [4.78, 5) is 73.8. The van der Waals surface area contributed by atoms with E-state index in [0.717, 1.165) is 35.1 Å². The van der Waals surface area contributed by atoms with Crippen LogP contribution in [0.15, 0.2) is 60.7 Å². The third-order valence-electron chi connectivity index (χ3n) is 11.4. The maximum absolute atomic E-state index is 13.9. The van der Waals surface area contributed by atoms with Gasteiger partial charge in [-0.15, -0.1) is 0 Å². The van der Waals surface area contributed by atoms with Crippen LogP contribution in [-0.4, -0.2) is 87.7 Å². The first-order valence-corrected chi connectivity index (χ1v) is 22.0. The van der Waals surface area contributed by atoms with Crippen molar-refractivity contribution in [1.82, 2.24) is 30.8 Å². The second-order valence-corrected chi connectivity index (χ2v) is 19.0. The Labute approximate surface area is 373 Å². The Kier molecular flexibility index (Phi) is 15.0. The summed E-state index contributed by atoms with van der Waals surface area (Å²) in [6.07, 6.45) is 0.448. The topological polar surface area (TPSA) is 184 Å². The van der Waals surface area contributed by atoms with Gasteiger partial charge in [-0.1, -0.05) is 30.3 Å². The van der Waals surface area contributed by atoms with Crippen LogP contribution in [0.3, 0.4) is 0 Å². The van der Waals surface area contributed by atoms with E-state index in [2.05, 4.69) is 31.2 Å². The standard InChI is InChI=1S/C48H61F2N7O7/c1-28-24-33(43(59)52-34-20-22-57(23-21-34)46(62)64-48(5,6)7)16-18-36(28)31-12-8-29(9-13-31)25-39(44(60)53-35-17-19-37-38(26-35)55-41(54-37)40(49)50)56-42(58)32-14-10-30(11-15-32)27-51-45(61)63-47(2,3)4/h8-9,12-13,16-19,24,26,30,32,34,39-40H,10-11,14-15,20-23,25,27H2,1-7H3,(H,51,61)(H,52,59)(H,53,60)(H,54,55)(H,56,58)/t30?,32?,39-/m0/s1. The number of imidazole rings is 1. The molecule has 6 rings (SSSR count). The number of fused-ring (bicyclic) bond motifs is 1. The number of alkyl carbamates (subject to hydrolysis) is 1. The van der Waals surface area contributed by atoms with E-state index in [1.807, 2.05) is 64.1 Å². The van der Waals surface area contributed by atoms with Crippen LogP contribution < -0.4 is 21.3 Å². The molecule has 14 nitrogen and oxygen atoms in total. The molecule has 1 atom stereocenters. The first-order valence-electron chi connectivity index (χ1n) is 22.0. The Morgan fingerprint density at radius 2 is 1.52 bits per heavy atom. The number of hydrogen-bond acceptors (Lipinski definition) is 8. The van der Waals surface area contributed by atoms with Gasteiger partial charge in [0.1, 0.15) is 17.2 Å². The highest BCUT2D eigenvalue weighted by Crippen LogP contribution is 2.30. The van der Waals surface area contributed by atoms with E-state index >= 15 is 0 Å². The van der Waals surface area contributed by atoms with E-state index in [1.54, 1.807) is 37.8 Å². The smallest absolute Gasteiger partial charge is 0.410 e. The summed E-state index contributed by atoms with van der Waals surface area (Å²) in [7, 11) is 0. The van der Waals surface area contributed by atoms with E-state index in [-0.39, 0.29) is 42.2 Å². The number of halogens is 2. The summed E-state index contributed by atoms with van der Waals surface area (Å²) in [5.41, 5.74) is 3.90. The molecular formula is C48H61F2N7O7. The van der Waals surface area contributed by atoms with Crippen molar-refractivity contribution in [3.05, 3.63) is 83.2 Å². The van der Waals surface area contributed by atoms with Crippen molar-refractivity contribution in [3.63, 3.8) is 0 Å². The van der Waals surface area contributed by atoms with Gasteiger partial charge in [0.05, 0.1) is 11.0 Å². The Bertz CT molecular complexity index is 2300. The number of piperidine rings is 1. The number of likely N-dealkylation sites (tertiary alicyclic amines) is 1. The maximum Gasteiger partial charge on any atom is 0.410 e. The second kappa shape index (κ2) is 20.2. The minimum absolute atomic E-state index is 0.0645. The van der Waals surface area contributed by atoms with Crippen molar-refractivity contribution in [1.29, 1.82) is 0 Å². The Balaban J connectivity index is 1.09. The van der Waals surface area contributed by atoms with Gasteiger partial charge in [-0.2, -0.15) is 0 Å². The van der Waals surface area contributed by atoms with Crippen LogP contribution in [0.1, 0.15) is 114 Å². The highest BCUT2D eigenvalue weighted by Gasteiger charge is 2.31. The SMILES string of the molecule is Cc1cc(C(=O)NC2CCN(C(=O)OC(C)(C)C)CC2)ccc1-c1ccc(C[C@H](NC(=O)C2CCC(CNC(=O)OC(C)(C)C)CC2)C(=O)Nc2ccc3nc(C(F)F)[nH]c3c2)cc1. The minimum atomic E-state index is -2.78. The van der Waals surface area contributed by atoms with E-state index in [4.69, 9.17) is 9.47 Å². The average molecular weight is 886 g/mol. The third-order valence-corrected chi connectivity index (χ3v) is 11.4. The van der Waals surface area contributed by atoms with Gasteiger partial charge >= 0.3 is 12.2 Å². The summed E-state index contributed by atoms with van der Waals surface area (Å²) in [5.74, 6) is -1.50. The number of hydrogen-bond donors (Lipinski definition) is 5. The lowest BCUT2D eigenvalue weighted by Gasteiger charge is -2.33. The number of rotatable bonds is 12. The molecule has 4 aromatic rings. The zero-order chi connectivity index (χ0) is 46.3. The number of H-pyrrole nitrogens is 1. The minimum Gasteiger partial charge on any atom is -0.444 e. The van der Waals surface area contributed by atoms with Gasteiger partial charge in [-0.25, -0.2) is 23.4 Å². The van der Waals surface area contributed by atoms with E-state index in [9.17, 15) is 32.8 Å². The Hall–Kier alpha value is -6.06. The summed E-state index contributed by atoms with van der Waals surface area (Å²) in [6, 6.07) is 16.8. The summed E-state index contributed by atoms with van der Waals surface area (Å²) < 4.78 is 37.5. The molecule has 5 N–H and O–H groups in total. The number of anilines is 1. The fraction of sp³-hybridized carbons (Fsp3) is 0.500. The molecule has 2 heterocycles. The number of aryl methyl sites for hydroxylation is 1. The molecule has 0 unspecified atom stereocenters. The molecule has 0 bridgehead atoms. The van der Waals surface area contributed by atoms with Crippen LogP contribution in [0.2, 0.25) is 0 Å². The number of alkyl halides is 2. The van der Waals surface area contributed by atoms with Crippen LogP contribution in [0, 0.1) is 18.8 Å². The third kappa shape index (κ3) is 13.2. The Morgan fingerprint density at radius 1 is 0.844 bits per heavy atom. The number of carbonyl (C=O) groups is 5. The molecule has 16 heteroatoms. The molecule has 344 valence electrons. The first-order chi connectivity index (χ1) is 30.2. The molecule has 0 spiro atoms. The maximum atomic E-state index is 13.9. The van der Waals surface area contributed by atoms with Crippen molar-refractivity contribution in [2.24, 2.45) is 11.8 Å². The molecule has 3 aromatic carbocycles. The largest absolute Gasteiger partial charge is 0.444 e. The molecule has 2 fully saturated rings. The zero-order valence-corrected chi connectivity index (χ0v) is 37.7. The monoisotopic (exact) mass is 885 g/mol. The quantitative estimate of drug-likeness (QED) is 0.0937. The van der Waals surface area contributed by atoms with Crippen LogP contribution in [0.4, 0.5) is 24.1 Å². The fourth-order valence-electron chi connectivity index (χ4n) is 8.10. The lowest BCUT2D eigenvalue weighted by molar-refractivity contribution is -0.130. The molecule has 2 aliphatic rings. The summed E-state index contributed by atoms with van der Waals surface area (Å²) in [5, 5.41) is 11.8. The van der Waals surface area contributed by atoms with Gasteiger partial charge < -0.3 is 40.6 Å². The molecule has 1 saturated carbocycles. The molecule has 1 aliphatic heterocycles. The fourth-order valence-corrected chi connectivity index (χ4v) is 8.10. The lowest BCUT2D eigenvalue weighted by atomic mass is 9.81. The van der Waals surface area contributed by atoms with Gasteiger partial charge in [-0.3, -0.25) is 14.4 Å². The van der Waals surface area contributed by atoms with E-state index in [1.165, 1.54) is 12.1 Å². The molecule has 1 aromatic heterocycles. The number of aromatic amines is 1. The molecule has 64 heavy (non-hydrogen) atoms. The number of benzene rings is 3. The molecule has 5 amide bonds. The summed E-state index contributed by atoms with van der Waals surface area (Å²) >= 11 is 0. The van der Waals surface area contributed by atoms with Crippen molar-refractivity contribution in [2.45, 2.75) is 123 Å². The number of nitrogens with one attached hydrogen (secondary N) is 5. The van der Waals surface area contributed by atoms with Gasteiger partial charge in [0, 0.05) is 49.3 Å². The van der Waals surface area contributed by atoms with Gasteiger partial charge in [-0.05, 0) is 145 Å². The van der Waals surface area contributed by atoms with Gasteiger partial charge in [0.15, 0.2) is 5.82 Å². The van der Waals surface area contributed by atoms with Gasteiger partial charge in [0.25, 0.3) is 12.3 Å². The van der Waals surface area contributed by atoms with Crippen molar-refractivity contribution in [2.75, 3.05) is 25.0 Å². The molecule has 0 radical (unpaired) electrons. The molecule has 1 aliphatic carbocycles. The van der Waals surface area contributed by atoms with Crippen LogP contribution in [0.25, 0.3) is 22.2 Å². The van der Waals surface area contributed by atoms with Crippen molar-refractivity contribution < 1.29 is 42.2 Å². The van der Waals surface area contributed by atoms with Crippen molar-refractivity contribution in [3.8, 4) is 11.1 Å². The average Bonchev–Trinajstić information content (AvgIpc) is 3.66.